The largest absolute Gasteiger partial charge is 0.497 e. The number of anilines is 1. The molecular formula is C19H16N2O4S. The van der Waals surface area contributed by atoms with Gasteiger partial charge in [0.25, 0.3) is 11.1 Å². The summed E-state index contributed by atoms with van der Waals surface area (Å²) in [6.45, 7) is -0.324. The second-order valence-electron chi connectivity index (χ2n) is 5.46. The number of thioether (sulfide) groups is 1. The summed E-state index contributed by atoms with van der Waals surface area (Å²) in [6.07, 6.45) is 1.61. The molecule has 2 aromatic rings. The number of carbonyl (C=O) groups is 3. The molecule has 0 unspecified atom stereocenters. The van der Waals surface area contributed by atoms with E-state index in [0.29, 0.717) is 11.4 Å². The lowest BCUT2D eigenvalue weighted by atomic mass is 10.2. The highest BCUT2D eigenvalue weighted by Gasteiger charge is 2.36. The number of rotatable bonds is 5. The second-order valence-corrected chi connectivity index (χ2v) is 6.45. The molecule has 1 N–H and O–H groups in total. The standard InChI is InChI=1S/C19H16N2O4S/c1-25-15-9-5-6-13(10-15)11-16-18(23)21(19(24)26-16)12-17(22)20-14-7-3-2-4-8-14/h2-11H,12H2,1H3,(H,20,22)/b16-11-. The Morgan fingerprint density at radius 1 is 1.15 bits per heavy atom. The van der Waals surface area contributed by atoms with E-state index in [9.17, 15) is 14.4 Å². The lowest BCUT2D eigenvalue weighted by Gasteiger charge is -2.12. The van der Waals surface area contributed by atoms with Crippen molar-refractivity contribution in [1.82, 2.24) is 4.90 Å². The number of ether oxygens (including phenoxy) is 1. The van der Waals surface area contributed by atoms with Crippen LogP contribution in [0.3, 0.4) is 0 Å². The number of para-hydroxylation sites is 1. The predicted octanol–water partition coefficient (Wildman–Crippen LogP) is 3.37. The first-order valence-electron chi connectivity index (χ1n) is 7.81. The summed E-state index contributed by atoms with van der Waals surface area (Å²) in [5.74, 6) is -0.257. The minimum atomic E-state index is -0.481. The second kappa shape index (κ2) is 7.88. The van der Waals surface area contributed by atoms with Crippen molar-refractivity contribution < 1.29 is 19.1 Å². The smallest absolute Gasteiger partial charge is 0.294 e. The number of imide groups is 1. The fourth-order valence-corrected chi connectivity index (χ4v) is 3.22. The SMILES string of the molecule is COc1cccc(/C=C2\SC(=O)N(CC(=O)Nc3ccccc3)C2=O)c1. The highest BCUT2D eigenvalue weighted by atomic mass is 32.2. The molecule has 0 radical (unpaired) electrons. The van der Waals surface area contributed by atoms with Gasteiger partial charge in [-0.3, -0.25) is 19.3 Å². The van der Waals surface area contributed by atoms with E-state index in [2.05, 4.69) is 5.32 Å². The number of benzene rings is 2. The average Bonchev–Trinajstić information content (AvgIpc) is 2.90. The van der Waals surface area contributed by atoms with Crippen molar-refractivity contribution in [1.29, 1.82) is 0 Å². The van der Waals surface area contributed by atoms with Gasteiger partial charge in [0.1, 0.15) is 12.3 Å². The first-order valence-corrected chi connectivity index (χ1v) is 8.63. The summed E-state index contributed by atoms with van der Waals surface area (Å²) in [7, 11) is 1.55. The van der Waals surface area contributed by atoms with Gasteiger partial charge in [-0.15, -0.1) is 0 Å². The minimum absolute atomic E-state index is 0.274. The summed E-state index contributed by atoms with van der Waals surface area (Å²) >= 11 is 0.816. The molecule has 1 saturated heterocycles. The fourth-order valence-electron chi connectivity index (χ4n) is 2.38. The zero-order valence-electron chi connectivity index (χ0n) is 14.0. The third-order valence-corrected chi connectivity index (χ3v) is 4.53. The van der Waals surface area contributed by atoms with Crippen molar-refractivity contribution in [2.45, 2.75) is 0 Å². The lowest BCUT2D eigenvalue weighted by molar-refractivity contribution is -0.127. The highest BCUT2D eigenvalue weighted by molar-refractivity contribution is 8.18. The lowest BCUT2D eigenvalue weighted by Crippen LogP contribution is -2.36. The third-order valence-electron chi connectivity index (χ3n) is 3.62. The van der Waals surface area contributed by atoms with Crippen LogP contribution in [0, 0.1) is 0 Å². The molecule has 132 valence electrons. The Morgan fingerprint density at radius 3 is 2.65 bits per heavy atom. The molecule has 26 heavy (non-hydrogen) atoms. The molecule has 1 heterocycles. The maximum absolute atomic E-state index is 12.5. The number of nitrogens with zero attached hydrogens (tertiary/aromatic N) is 1. The maximum Gasteiger partial charge on any atom is 0.294 e. The number of hydrogen-bond donors (Lipinski definition) is 1. The predicted molar refractivity (Wildman–Crippen MR) is 101 cm³/mol. The van der Waals surface area contributed by atoms with E-state index in [0.717, 1.165) is 22.2 Å². The van der Waals surface area contributed by atoms with Gasteiger partial charge in [0.05, 0.1) is 12.0 Å². The van der Waals surface area contributed by atoms with Gasteiger partial charge in [-0.2, -0.15) is 0 Å². The first kappa shape index (κ1) is 17.8. The number of nitrogens with one attached hydrogen (secondary N) is 1. The van der Waals surface area contributed by atoms with Crippen LogP contribution in [0.2, 0.25) is 0 Å². The topological polar surface area (TPSA) is 75.7 Å². The molecule has 0 aliphatic carbocycles. The summed E-state index contributed by atoms with van der Waals surface area (Å²) in [5.41, 5.74) is 1.35. The molecule has 0 bridgehead atoms. The number of methoxy groups -OCH3 is 1. The molecular weight excluding hydrogens is 352 g/mol. The van der Waals surface area contributed by atoms with Crippen LogP contribution in [-0.2, 0) is 9.59 Å². The van der Waals surface area contributed by atoms with Crippen LogP contribution in [0.4, 0.5) is 10.5 Å². The van der Waals surface area contributed by atoms with Crippen molar-refractivity contribution in [3.63, 3.8) is 0 Å². The van der Waals surface area contributed by atoms with Crippen LogP contribution in [0.1, 0.15) is 5.56 Å². The number of hydrogen-bond acceptors (Lipinski definition) is 5. The third kappa shape index (κ3) is 4.12. The molecule has 0 spiro atoms. The van der Waals surface area contributed by atoms with Crippen LogP contribution >= 0.6 is 11.8 Å². The molecule has 2 aromatic carbocycles. The van der Waals surface area contributed by atoms with Gasteiger partial charge in [-0.05, 0) is 47.7 Å². The Morgan fingerprint density at radius 2 is 1.92 bits per heavy atom. The molecule has 6 nitrogen and oxygen atoms in total. The zero-order chi connectivity index (χ0) is 18.5. The van der Waals surface area contributed by atoms with Gasteiger partial charge in [0, 0.05) is 5.69 Å². The van der Waals surface area contributed by atoms with Gasteiger partial charge in [0.2, 0.25) is 5.91 Å². The summed E-state index contributed by atoms with van der Waals surface area (Å²) in [4.78, 5) is 37.9. The molecule has 0 saturated carbocycles. The van der Waals surface area contributed by atoms with E-state index >= 15 is 0 Å². The quantitative estimate of drug-likeness (QED) is 0.819. The first-order chi connectivity index (χ1) is 12.6. The van der Waals surface area contributed by atoms with E-state index in [1.165, 1.54) is 0 Å². The van der Waals surface area contributed by atoms with Crippen LogP contribution in [0.15, 0.2) is 59.5 Å². The molecule has 7 heteroatoms. The van der Waals surface area contributed by atoms with Crippen LogP contribution in [-0.4, -0.2) is 35.6 Å². The van der Waals surface area contributed by atoms with E-state index in [1.807, 2.05) is 6.07 Å². The summed E-state index contributed by atoms with van der Waals surface area (Å²) in [6, 6.07) is 16.0. The van der Waals surface area contributed by atoms with E-state index < -0.39 is 17.1 Å². The van der Waals surface area contributed by atoms with E-state index in [1.54, 1.807) is 61.7 Å². The van der Waals surface area contributed by atoms with E-state index in [4.69, 9.17) is 4.74 Å². The van der Waals surface area contributed by atoms with Gasteiger partial charge < -0.3 is 10.1 Å². The molecule has 0 atom stereocenters. The van der Waals surface area contributed by atoms with Gasteiger partial charge in [-0.1, -0.05) is 30.3 Å². The number of amides is 3. The molecule has 1 aliphatic heterocycles. The van der Waals surface area contributed by atoms with Crippen LogP contribution in [0.25, 0.3) is 6.08 Å². The van der Waals surface area contributed by atoms with Gasteiger partial charge >= 0.3 is 0 Å². The Bertz CT molecular complexity index is 880. The van der Waals surface area contributed by atoms with Crippen molar-refractivity contribution in [2.24, 2.45) is 0 Å². The average molecular weight is 368 g/mol. The Hall–Kier alpha value is -3.06. The minimum Gasteiger partial charge on any atom is -0.497 e. The van der Waals surface area contributed by atoms with E-state index in [-0.39, 0.29) is 11.4 Å². The molecule has 3 amide bonds. The Balaban J connectivity index is 1.70. The normalized spacial score (nSPS) is 15.4. The summed E-state index contributed by atoms with van der Waals surface area (Å²) < 4.78 is 5.15. The Kier molecular flexibility index (Phi) is 5.38. The maximum atomic E-state index is 12.5. The van der Waals surface area contributed by atoms with Gasteiger partial charge in [-0.25, -0.2) is 0 Å². The van der Waals surface area contributed by atoms with Crippen LogP contribution in [0.5, 0.6) is 5.75 Å². The molecule has 0 aromatic heterocycles. The molecule has 3 rings (SSSR count). The van der Waals surface area contributed by atoms with Crippen molar-refractivity contribution in [3.05, 3.63) is 65.1 Å². The number of carbonyl (C=O) groups excluding carboxylic acids is 3. The van der Waals surface area contributed by atoms with Gasteiger partial charge in [0.15, 0.2) is 0 Å². The molecule has 1 fully saturated rings. The summed E-state index contributed by atoms with van der Waals surface area (Å²) in [5, 5.41) is 2.19. The van der Waals surface area contributed by atoms with Crippen molar-refractivity contribution >= 4 is 40.6 Å². The zero-order valence-corrected chi connectivity index (χ0v) is 14.8. The fraction of sp³-hybridized carbons (Fsp3) is 0.105. The van der Waals surface area contributed by atoms with Crippen molar-refractivity contribution in [2.75, 3.05) is 19.0 Å². The molecule has 1 aliphatic rings. The van der Waals surface area contributed by atoms with Crippen LogP contribution < -0.4 is 10.1 Å². The monoisotopic (exact) mass is 368 g/mol. The highest BCUT2D eigenvalue weighted by Crippen LogP contribution is 2.32. The Labute approximate surface area is 154 Å². The van der Waals surface area contributed by atoms with Crippen molar-refractivity contribution in [3.8, 4) is 5.75 Å².